The Hall–Kier alpha value is 0.170. The molecule has 2 amide bonds. The van der Waals surface area contributed by atoms with E-state index in [2.05, 4.69) is 10.6 Å². The van der Waals surface area contributed by atoms with Crippen LogP contribution in [-0.4, -0.2) is 75.5 Å². The summed E-state index contributed by atoms with van der Waals surface area (Å²) in [7, 11) is 0. The van der Waals surface area contributed by atoms with Gasteiger partial charge in [-0.1, -0.05) is 13.8 Å². The number of hydrogen-bond acceptors (Lipinski definition) is 6. The van der Waals surface area contributed by atoms with Gasteiger partial charge in [-0.25, -0.2) is 0 Å². The molecule has 2 atom stereocenters. The molecular weight excluding hydrogens is 403 g/mol. The fraction of sp³-hybridized carbons (Fsp3) is 0.900. The summed E-state index contributed by atoms with van der Waals surface area (Å²) < 4.78 is 16.4. The molecule has 0 heterocycles. The zero-order chi connectivity index (χ0) is 21.2. The van der Waals surface area contributed by atoms with Crippen molar-refractivity contribution < 1.29 is 53.4 Å². The number of carbonyl (C=O) groups is 2. The fourth-order valence-electron chi connectivity index (χ4n) is 2.16. The molecule has 0 spiro atoms. The van der Waals surface area contributed by atoms with Gasteiger partial charge >= 0.3 is 29.6 Å². The van der Waals surface area contributed by atoms with E-state index in [1.165, 1.54) is 0 Å². The van der Waals surface area contributed by atoms with Gasteiger partial charge in [-0.15, -0.1) is 0 Å². The second kappa shape index (κ2) is 21.4. The number of hydrogen-bond donors (Lipinski definition) is 2. The third-order valence-electron chi connectivity index (χ3n) is 4.36. The van der Waals surface area contributed by atoms with E-state index in [9.17, 15) is 9.59 Å². The van der Waals surface area contributed by atoms with E-state index < -0.39 is 5.92 Å². The SMILES string of the molecule is CCC(C)NC(=O)C(CCOCCOCCOCCSC)C(=O)NC(C)CC.[Na+]. The molecule has 2 unspecified atom stereocenters. The van der Waals surface area contributed by atoms with Crippen LogP contribution in [0.5, 0.6) is 0 Å². The Balaban J connectivity index is 0. The number of ether oxygens (including phenoxy) is 3. The second-order valence-corrected chi connectivity index (χ2v) is 7.79. The molecule has 29 heavy (non-hydrogen) atoms. The van der Waals surface area contributed by atoms with Crippen LogP contribution in [0.15, 0.2) is 0 Å². The minimum absolute atomic E-state index is 0. The van der Waals surface area contributed by atoms with Crippen molar-refractivity contribution in [2.45, 2.75) is 59.0 Å². The van der Waals surface area contributed by atoms with Gasteiger partial charge in [0.15, 0.2) is 0 Å². The number of carbonyl (C=O) groups excluding carboxylic acids is 2. The summed E-state index contributed by atoms with van der Waals surface area (Å²) in [6, 6.07) is 0.0812. The Morgan fingerprint density at radius 2 is 1.21 bits per heavy atom. The molecule has 0 aliphatic heterocycles. The summed E-state index contributed by atoms with van der Waals surface area (Å²) in [5.74, 6) is -0.233. The van der Waals surface area contributed by atoms with Crippen LogP contribution >= 0.6 is 11.8 Å². The van der Waals surface area contributed by atoms with Crippen LogP contribution in [0.25, 0.3) is 0 Å². The van der Waals surface area contributed by atoms with Crippen LogP contribution in [0, 0.1) is 5.92 Å². The van der Waals surface area contributed by atoms with Crippen LogP contribution < -0.4 is 40.2 Å². The first kappa shape index (κ1) is 31.4. The van der Waals surface area contributed by atoms with E-state index in [-0.39, 0.29) is 53.5 Å². The summed E-state index contributed by atoms with van der Waals surface area (Å²) in [5.41, 5.74) is 0. The quantitative estimate of drug-likeness (QED) is 0.165. The van der Waals surface area contributed by atoms with Gasteiger partial charge in [0.25, 0.3) is 0 Å². The smallest absolute Gasteiger partial charge is 0.379 e. The van der Waals surface area contributed by atoms with Crippen molar-refractivity contribution >= 4 is 23.6 Å². The van der Waals surface area contributed by atoms with Gasteiger partial charge < -0.3 is 24.8 Å². The minimum atomic E-state index is -0.742. The van der Waals surface area contributed by atoms with Crippen LogP contribution in [-0.2, 0) is 23.8 Å². The van der Waals surface area contributed by atoms with E-state index in [1.54, 1.807) is 11.8 Å². The maximum Gasteiger partial charge on any atom is 1.00 e. The van der Waals surface area contributed by atoms with E-state index in [0.29, 0.717) is 39.5 Å². The topological polar surface area (TPSA) is 85.9 Å². The molecule has 0 aliphatic carbocycles. The Kier molecular flexibility index (Phi) is 23.1. The largest absolute Gasteiger partial charge is 1.00 e. The molecule has 2 N–H and O–H groups in total. The average Bonchev–Trinajstić information content (AvgIpc) is 2.68. The van der Waals surface area contributed by atoms with E-state index in [1.807, 2.05) is 34.0 Å². The number of thioether (sulfide) groups is 1. The molecule has 166 valence electrons. The Bertz CT molecular complexity index is 394. The van der Waals surface area contributed by atoms with Gasteiger partial charge in [-0.2, -0.15) is 11.8 Å². The Labute approximate surface area is 203 Å². The molecule has 0 radical (unpaired) electrons. The molecule has 0 fully saturated rings. The van der Waals surface area contributed by atoms with Crippen molar-refractivity contribution in [3.05, 3.63) is 0 Å². The molecule has 0 aromatic rings. The van der Waals surface area contributed by atoms with Gasteiger partial charge in [0, 0.05) is 24.4 Å². The van der Waals surface area contributed by atoms with Gasteiger partial charge in [0.2, 0.25) is 11.8 Å². The van der Waals surface area contributed by atoms with Gasteiger partial charge in [0.05, 0.1) is 33.0 Å². The zero-order valence-corrected chi connectivity index (χ0v) is 22.1. The first-order valence-electron chi connectivity index (χ1n) is 10.3. The predicted molar refractivity (Wildman–Crippen MR) is 115 cm³/mol. The maximum absolute atomic E-state index is 12.5. The monoisotopic (exact) mass is 443 g/mol. The molecule has 0 bridgehead atoms. The van der Waals surface area contributed by atoms with Crippen molar-refractivity contribution in [1.29, 1.82) is 0 Å². The Morgan fingerprint density at radius 1 is 0.793 bits per heavy atom. The van der Waals surface area contributed by atoms with Gasteiger partial charge in [-0.3, -0.25) is 9.59 Å². The second-order valence-electron chi connectivity index (χ2n) is 6.81. The first-order valence-corrected chi connectivity index (χ1v) is 11.7. The molecule has 0 rings (SSSR count). The van der Waals surface area contributed by atoms with E-state index in [4.69, 9.17) is 14.2 Å². The van der Waals surface area contributed by atoms with Crippen molar-refractivity contribution in [2.75, 3.05) is 51.6 Å². The summed E-state index contributed by atoms with van der Waals surface area (Å²) in [5, 5.41) is 5.79. The van der Waals surface area contributed by atoms with Crippen LogP contribution in [0.2, 0.25) is 0 Å². The summed E-state index contributed by atoms with van der Waals surface area (Å²) in [6.45, 7) is 10.9. The van der Waals surface area contributed by atoms with Crippen molar-refractivity contribution in [3.8, 4) is 0 Å². The third-order valence-corrected chi connectivity index (χ3v) is 4.94. The molecule has 7 nitrogen and oxygen atoms in total. The van der Waals surface area contributed by atoms with Crippen LogP contribution in [0.4, 0.5) is 0 Å². The Morgan fingerprint density at radius 3 is 1.62 bits per heavy atom. The summed E-state index contributed by atoms with van der Waals surface area (Å²) in [6.07, 6.45) is 4.03. The first-order chi connectivity index (χ1) is 13.5. The number of nitrogens with one attached hydrogen (secondary N) is 2. The molecule has 9 heteroatoms. The third kappa shape index (κ3) is 17.5. The molecule has 0 saturated carbocycles. The van der Waals surface area contributed by atoms with E-state index >= 15 is 0 Å². The minimum Gasteiger partial charge on any atom is -0.379 e. The summed E-state index contributed by atoms with van der Waals surface area (Å²) >= 11 is 1.75. The van der Waals surface area contributed by atoms with E-state index in [0.717, 1.165) is 25.2 Å². The average molecular weight is 444 g/mol. The van der Waals surface area contributed by atoms with Crippen LogP contribution in [0.3, 0.4) is 0 Å². The van der Waals surface area contributed by atoms with Crippen LogP contribution in [0.1, 0.15) is 47.0 Å². The predicted octanol–water partition coefficient (Wildman–Crippen LogP) is -0.761. The normalized spacial score (nSPS) is 13.8. The maximum atomic E-state index is 12.5. The van der Waals surface area contributed by atoms with Crippen molar-refractivity contribution in [3.63, 3.8) is 0 Å². The standard InChI is InChI=1S/C20H40N2O5S.Na/c1-6-16(3)21-19(23)18(20(24)22-17(4)7-2)8-9-25-10-11-26-12-13-27-14-15-28-5;/h16-18H,6-15H2,1-5H3,(H,21,23)(H,22,24);/q;+1. The van der Waals surface area contributed by atoms with Crippen molar-refractivity contribution in [2.24, 2.45) is 5.92 Å². The number of rotatable bonds is 18. The number of amides is 2. The zero-order valence-electron chi connectivity index (χ0n) is 19.3. The molecule has 0 aliphatic rings. The van der Waals surface area contributed by atoms with Gasteiger partial charge in [-0.05, 0) is 39.4 Å². The molecule has 0 aromatic heterocycles. The molecular formula is C20H40N2NaO5S+. The fourth-order valence-corrected chi connectivity index (χ4v) is 2.44. The molecule has 0 saturated heterocycles. The van der Waals surface area contributed by atoms with Gasteiger partial charge in [0.1, 0.15) is 5.92 Å². The van der Waals surface area contributed by atoms with Crippen molar-refractivity contribution in [1.82, 2.24) is 10.6 Å². The molecule has 0 aromatic carbocycles. The summed E-state index contributed by atoms with van der Waals surface area (Å²) in [4.78, 5) is 24.9.